The molecule has 0 spiro atoms. The minimum atomic E-state index is -4.07. The summed E-state index contributed by atoms with van der Waals surface area (Å²) < 4.78 is 37.8. The summed E-state index contributed by atoms with van der Waals surface area (Å²) in [5.74, 6) is 0.827. The molecule has 104 valence electrons. The maximum absolute atomic E-state index is 12.0. The average Bonchev–Trinajstić information content (AvgIpc) is 2.65. The summed E-state index contributed by atoms with van der Waals surface area (Å²) in [6, 6.07) is 7.73. The van der Waals surface area contributed by atoms with Gasteiger partial charge in [-0.1, -0.05) is 12.1 Å². The van der Waals surface area contributed by atoms with Crippen molar-refractivity contribution < 1.29 is 13.2 Å². The Balaban J connectivity index is 1.87. The van der Waals surface area contributed by atoms with E-state index in [0.29, 0.717) is 13.1 Å². The molecule has 0 aliphatic carbocycles. The largest absolute Gasteiger partial charge is 0.389 e. The molecule has 1 N–H and O–H groups in total. The molecule has 0 unspecified atom stereocenters. The Morgan fingerprint density at radius 1 is 1.26 bits per heavy atom. The summed E-state index contributed by atoms with van der Waals surface area (Å²) in [4.78, 5) is 4.44. The second kappa shape index (κ2) is 5.61. The van der Waals surface area contributed by atoms with E-state index in [1.54, 1.807) is 0 Å². The summed E-state index contributed by atoms with van der Waals surface area (Å²) >= 11 is 0. The number of hydrogen-bond acceptors (Lipinski definition) is 2. The van der Waals surface area contributed by atoms with Crippen molar-refractivity contribution >= 4 is 11.0 Å². The molecule has 1 heterocycles. The Bertz CT molecular complexity index is 546. The lowest BCUT2D eigenvalue weighted by Crippen LogP contribution is -2.19. The van der Waals surface area contributed by atoms with E-state index >= 15 is 0 Å². The molecule has 0 amide bonds. The quantitative estimate of drug-likeness (QED) is 0.847. The molecule has 0 saturated carbocycles. The zero-order valence-electron chi connectivity index (χ0n) is 10.7. The lowest BCUT2D eigenvalue weighted by atomic mass is 10.3. The van der Waals surface area contributed by atoms with E-state index in [-0.39, 0.29) is 6.42 Å². The fourth-order valence-electron chi connectivity index (χ4n) is 1.97. The Morgan fingerprint density at radius 2 is 2.00 bits per heavy atom. The highest BCUT2D eigenvalue weighted by molar-refractivity contribution is 5.75. The Hall–Kier alpha value is -1.56. The Labute approximate surface area is 109 Å². The van der Waals surface area contributed by atoms with Crippen LogP contribution in [0.3, 0.4) is 0 Å². The molecule has 2 rings (SSSR count). The highest BCUT2D eigenvalue weighted by Gasteiger charge is 2.25. The number of rotatable bonds is 5. The van der Waals surface area contributed by atoms with Gasteiger partial charge in [0.25, 0.3) is 0 Å². The Morgan fingerprint density at radius 3 is 2.68 bits per heavy atom. The molecule has 2 aromatic rings. The van der Waals surface area contributed by atoms with E-state index in [4.69, 9.17) is 0 Å². The van der Waals surface area contributed by atoms with Crippen LogP contribution in [0, 0.1) is 0 Å². The van der Waals surface area contributed by atoms with Gasteiger partial charge in [0.2, 0.25) is 0 Å². The van der Waals surface area contributed by atoms with Crippen LogP contribution in [0.4, 0.5) is 13.2 Å². The van der Waals surface area contributed by atoms with Gasteiger partial charge in [-0.3, -0.25) is 0 Å². The number of fused-ring (bicyclic) bond motifs is 1. The van der Waals surface area contributed by atoms with Crippen molar-refractivity contribution in [1.82, 2.24) is 14.9 Å². The van der Waals surface area contributed by atoms with Crippen LogP contribution >= 0.6 is 0 Å². The fourth-order valence-corrected chi connectivity index (χ4v) is 1.97. The van der Waals surface area contributed by atoms with Gasteiger partial charge < -0.3 is 9.88 Å². The third-order valence-corrected chi connectivity index (χ3v) is 2.98. The second-order valence-corrected chi connectivity index (χ2v) is 4.47. The number of nitrogens with zero attached hydrogens (tertiary/aromatic N) is 2. The van der Waals surface area contributed by atoms with Gasteiger partial charge in [0.15, 0.2) is 0 Å². The highest BCUT2D eigenvalue weighted by atomic mass is 19.4. The van der Waals surface area contributed by atoms with E-state index in [2.05, 4.69) is 10.3 Å². The number of benzene rings is 1. The van der Waals surface area contributed by atoms with Gasteiger partial charge in [-0.25, -0.2) is 4.98 Å². The van der Waals surface area contributed by atoms with Gasteiger partial charge in [0, 0.05) is 13.5 Å². The minimum absolute atomic E-state index is 0.0907. The number of para-hydroxylation sites is 2. The van der Waals surface area contributed by atoms with Crippen LogP contribution in [-0.4, -0.2) is 22.3 Å². The van der Waals surface area contributed by atoms with E-state index in [1.807, 2.05) is 35.9 Å². The highest BCUT2D eigenvalue weighted by Crippen LogP contribution is 2.20. The van der Waals surface area contributed by atoms with Crippen LogP contribution in [0.5, 0.6) is 0 Å². The van der Waals surface area contributed by atoms with E-state index in [1.165, 1.54) is 0 Å². The molecule has 0 aliphatic rings. The molecule has 0 saturated heterocycles. The second-order valence-electron chi connectivity index (χ2n) is 4.47. The maximum Gasteiger partial charge on any atom is 0.389 e. The molecule has 3 nitrogen and oxygen atoms in total. The van der Waals surface area contributed by atoms with Crippen molar-refractivity contribution in [1.29, 1.82) is 0 Å². The van der Waals surface area contributed by atoms with Crippen molar-refractivity contribution in [3.63, 3.8) is 0 Å². The topological polar surface area (TPSA) is 29.9 Å². The lowest BCUT2D eigenvalue weighted by Gasteiger charge is -2.07. The molecule has 1 aromatic heterocycles. The predicted octanol–water partition coefficient (Wildman–Crippen LogP) is 3.01. The zero-order valence-corrected chi connectivity index (χ0v) is 10.7. The monoisotopic (exact) mass is 271 g/mol. The zero-order chi connectivity index (χ0) is 13.9. The first kappa shape index (κ1) is 13.9. The summed E-state index contributed by atoms with van der Waals surface area (Å²) in [6.07, 6.45) is -4.73. The molecule has 0 fully saturated rings. The average molecular weight is 271 g/mol. The van der Waals surface area contributed by atoms with Crippen molar-refractivity contribution in [2.45, 2.75) is 25.6 Å². The maximum atomic E-state index is 12.0. The molecule has 0 aliphatic heterocycles. The van der Waals surface area contributed by atoms with Crippen molar-refractivity contribution in [2.75, 3.05) is 6.54 Å². The first-order valence-corrected chi connectivity index (χ1v) is 6.15. The standard InChI is InChI=1S/C13H16F3N3/c1-19-11-6-3-2-5-10(11)18-12(19)9-17-8-4-7-13(14,15)16/h2-3,5-6,17H,4,7-9H2,1H3. The lowest BCUT2D eigenvalue weighted by molar-refractivity contribution is -0.135. The van der Waals surface area contributed by atoms with Crippen LogP contribution in [0.1, 0.15) is 18.7 Å². The third kappa shape index (κ3) is 3.70. The summed E-state index contributed by atoms with van der Waals surface area (Å²) in [5.41, 5.74) is 1.92. The van der Waals surface area contributed by atoms with E-state index in [0.717, 1.165) is 16.9 Å². The van der Waals surface area contributed by atoms with E-state index in [9.17, 15) is 13.2 Å². The number of aromatic nitrogens is 2. The first-order chi connectivity index (χ1) is 8.97. The summed E-state index contributed by atoms with van der Waals surface area (Å²) in [5, 5.41) is 2.99. The molecular weight excluding hydrogens is 255 g/mol. The normalized spacial score (nSPS) is 12.2. The molecule has 0 radical (unpaired) electrons. The van der Waals surface area contributed by atoms with E-state index < -0.39 is 12.6 Å². The number of imidazole rings is 1. The third-order valence-electron chi connectivity index (χ3n) is 2.98. The van der Waals surface area contributed by atoms with Gasteiger partial charge >= 0.3 is 6.18 Å². The van der Waals surface area contributed by atoms with Crippen LogP contribution in [-0.2, 0) is 13.6 Å². The van der Waals surface area contributed by atoms with Gasteiger partial charge in [0.1, 0.15) is 5.82 Å². The number of aryl methyl sites for hydroxylation is 1. The van der Waals surface area contributed by atoms with Gasteiger partial charge in [-0.05, 0) is 25.1 Å². The number of alkyl halides is 3. The SMILES string of the molecule is Cn1c(CNCCCC(F)(F)F)nc2ccccc21. The van der Waals surface area contributed by atoms with Gasteiger partial charge in [-0.15, -0.1) is 0 Å². The molecule has 1 aromatic carbocycles. The van der Waals surface area contributed by atoms with Crippen LogP contribution in [0.25, 0.3) is 11.0 Å². The summed E-state index contributed by atoms with van der Waals surface area (Å²) in [7, 11) is 1.90. The number of nitrogens with one attached hydrogen (secondary N) is 1. The summed E-state index contributed by atoms with van der Waals surface area (Å²) in [6.45, 7) is 0.811. The van der Waals surface area contributed by atoms with Crippen LogP contribution in [0.2, 0.25) is 0 Å². The molecule has 0 atom stereocenters. The van der Waals surface area contributed by atoms with Crippen LogP contribution < -0.4 is 5.32 Å². The minimum Gasteiger partial charge on any atom is -0.330 e. The van der Waals surface area contributed by atoms with Gasteiger partial charge in [0.05, 0.1) is 17.6 Å². The van der Waals surface area contributed by atoms with Crippen molar-refractivity contribution in [3.8, 4) is 0 Å². The predicted molar refractivity (Wildman–Crippen MR) is 67.7 cm³/mol. The molecule has 6 heteroatoms. The van der Waals surface area contributed by atoms with Crippen molar-refractivity contribution in [2.24, 2.45) is 7.05 Å². The molecule has 19 heavy (non-hydrogen) atoms. The van der Waals surface area contributed by atoms with Gasteiger partial charge in [-0.2, -0.15) is 13.2 Å². The van der Waals surface area contributed by atoms with Crippen molar-refractivity contribution in [3.05, 3.63) is 30.1 Å². The molecular formula is C13H16F3N3. The first-order valence-electron chi connectivity index (χ1n) is 6.15. The fraction of sp³-hybridized carbons (Fsp3) is 0.462. The van der Waals surface area contributed by atoms with Crippen LogP contribution in [0.15, 0.2) is 24.3 Å². The smallest absolute Gasteiger partial charge is 0.330 e. The number of halogens is 3. The number of hydrogen-bond donors (Lipinski definition) is 1. The Kier molecular flexibility index (Phi) is 4.09. The molecule has 0 bridgehead atoms.